The molecule has 3 heteroatoms. The van der Waals surface area contributed by atoms with Gasteiger partial charge in [-0.05, 0) is 54.8 Å². The van der Waals surface area contributed by atoms with Crippen molar-refractivity contribution in [3.8, 4) is 0 Å². The molecule has 1 aliphatic heterocycles. The number of aromatic amines is 1. The average Bonchev–Trinajstić information content (AvgIpc) is 3.11. The third-order valence-electron chi connectivity index (χ3n) is 5.04. The second kappa shape index (κ2) is 7.20. The van der Waals surface area contributed by atoms with Crippen molar-refractivity contribution in [1.29, 1.82) is 0 Å². The van der Waals surface area contributed by atoms with Crippen LogP contribution in [0.3, 0.4) is 0 Å². The molecule has 4 rings (SSSR count). The van der Waals surface area contributed by atoms with Crippen LogP contribution in [0.5, 0.6) is 0 Å². The third kappa shape index (κ3) is 3.37. The zero-order chi connectivity index (χ0) is 16.2. The average molecular weight is 319 g/mol. The van der Waals surface area contributed by atoms with Gasteiger partial charge >= 0.3 is 0 Å². The zero-order valence-electron chi connectivity index (χ0n) is 14.1. The molecule has 0 radical (unpaired) electrons. The van der Waals surface area contributed by atoms with Crippen LogP contribution in [0.15, 0.2) is 54.7 Å². The van der Waals surface area contributed by atoms with Gasteiger partial charge in [-0.3, -0.25) is 4.90 Å². The van der Waals surface area contributed by atoms with Gasteiger partial charge in [-0.15, -0.1) is 0 Å². The number of fused-ring (bicyclic) bond motifs is 2. The molecule has 2 aromatic carbocycles. The van der Waals surface area contributed by atoms with E-state index in [9.17, 15) is 0 Å². The van der Waals surface area contributed by atoms with Crippen LogP contribution in [0.4, 0.5) is 0 Å². The van der Waals surface area contributed by atoms with E-state index in [2.05, 4.69) is 63.7 Å². The molecule has 0 saturated heterocycles. The van der Waals surface area contributed by atoms with Crippen molar-refractivity contribution in [1.82, 2.24) is 15.2 Å². The molecule has 2 heterocycles. The van der Waals surface area contributed by atoms with Gasteiger partial charge in [0.25, 0.3) is 0 Å². The molecule has 0 atom stereocenters. The lowest BCUT2D eigenvalue weighted by Crippen LogP contribution is -2.32. The Labute approximate surface area is 143 Å². The lowest BCUT2D eigenvalue weighted by atomic mass is 10.00. The highest BCUT2D eigenvalue weighted by molar-refractivity contribution is 5.82. The molecular formula is C21H25N3. The van der Waals surface area contributed by atoms with Gasteiger partial charge < -0.3 is 10.3 Å². The van der Waals surface area contributed by atoms with E-state index in [0.717, 1.165) is 19.6 Å². The van der Waals surface area contributed by atoms with Crippen LogP contribution in [-0.4, -0.2) is 29.5 Å². The van der Waals surface area contributed by atoms with Crippen LogP contribution < -0.4 is 5.32 Å². The molecule has 0 amide bonds. The second-order valence-electron chi connectivity index (χ2n) is 6.68. The van der Waals surface area contributed by atoms with Gasteiger partial charge in [0.15, 0.2) is 0 Å². The fourth-order valence-electron chi connectivity index (χ4n) is 3.70. The van der Waals surface area contributed by atoms with E-state index in [1.807, 2.05) is 6.20 Å². The minimum absolute atomic E-state index is 0.942. The third-order valence-corrected chi connectivity index (χ3v) is 5.04. The maximum Gasteiger partial charge on any atom is 0.0457 e. The van der Waals surface area contributed by atoms with Crippen LogP contribution in [0.1, 0.15) is 23.1 Å². The maximum absolute atomic E-state index is 3.60. The normalized spacial score (nSPS) is 14.8. The number of nitrogens with one attached hydrogen (secondary N) is 2. The second-order valence-corrected chi connectivity index (χ2v) is 6.68. The first-order valence-corrected chi connectivity index (χ1v) is 8.95. The highest BCUT2D eigenvalue weighted by Crippen LogP contribution is 2.19. The van der Waals surface area contributed by atoms with Crippen molar-refractivity contribution >= 4 is 10.9 Å². The van der Waals surface area contributed by atoms with Crippen molar-refractivity contribution < 1.29 is 0 Å². The largest absolute Gasteiger partial charge is 0.361 e. The van der Waals surface area contributed by atoms with E-state index in [1.54, 1.807) is 0 Å². The van der Waals surface area contributed by atoms with E-state index in [1.165, 1.54) is 53.5 Å². The first-order valence-electron chi connectivity index (χ1n) is 8.95. The number of nitrogens with zero attached hydrogens (tertiary/aromatic N) is 1. The number of benzene rings is 2. The van der Waals surface area contributed by atoms with Crippen molar-refractivity contribution in [2.75, 3.05) is 19.6 Å². The molecule has 3 nitrogen and oxygen atoms in total. The minimum Gasteiger partial charge on any atom is -0.361 e. The molecule has 0 saturated carbocycles. The Hall–Kier alpha value is -2.10. The molecule has 24 heavy (non-hydrogen) atoms. The van der Waals surface area contributed by atoms with Crippen molar-refractivity contribution in [3.63, 3.8) is 0 Å². The van der Waals surface area contributed by atoms with E-state index in [4.69, 9.17) is 0 Å². The van der Waals surface area contributed by atoms with Gasteiger partial charge in [0.05, 0.1) is 0 Å². The van der Waals surface area contributed by atoms with Gasteiger partial charge in [-0.2, -0.15) is 0 Å². The molecule has 0 bridgehead atoms. The van der Waals surface area contributed by atoms with Gasteiger partial charge in [0.2, 0.25) is 0 Å². The predicted molar refractivity (Wildman–Crippen MR) is 100 cm³/mol. The molecule has 0 aliphatic carbocycles. The molecular weight excluding hydrogens is 294 g/mol. The summed E-state index contributed by atoms with van der Waals surface area (Å²) in [5.74, 6) is 0. The lowest BCUT2D eigenvalue weighted by molar-refractivity contribution is 0.250. The van der Waals surface area contributed by atoms with E-state index in [0.29, 0.717) is 0 Å². The van der Waals surface area contributed by atoms with E-state index < -0.39 is 0 Å². The quantitative estimate of drug-likeness (QED) is 0.679. The first-order chi connectivity index (χ1) is 11.9. The summed E-state index contributed by atoms with van der Waals surface area (Å²) in [6.45, 7) is 5.49. The Morgan fingerprint density at radius 1 is 1.00 bits per heavy atom. The summed E-state index contributed by atoms with van der Waals surface area (Å²) < 4.78 is 0. The lowest BCUT2D eigenvalue weighted by Gasteiger charge is -2.28. The number of rotatable bonds is 6. The van der Waals surface area contributed by atoms with Crippen molar-refractivity contribution in [2.45, 2.75) is 25.9 Å². The fourth-order valence-corrected chi connectivity index (χ4v) is 3.70. The minimum atomic E-state index is 0.942. The Bertz CT molecular complexity index is 805. The molecule has 3 aromatic rings. The van der Waals surface area contributed by atoms with Gasteiger partial charge in [-0.25, -0.2) is 0 Å². The SMILES string of the molecule is c1ccc2c(c1)CCN(CCCNCc1cccc3[nH]ccc13)C2. The van der Waals surface area contributed by atoms with Gasteiger partial charge in [0, 0.05) is 36.7 Å². The van der Waals surface area contributed by atoms with Crippen molar-refractivity contribution in [2.24, 2.45) is 0 Å². The Balaban J connectivity index is 1.22. The standard InChI is InChI=1S/C21H25N3/c1-2-6-19-16-24(14-10-17(19)5-1)13-4-11-22-15-18-7-3-8-21-20(18)9-12-23-21/h1-3,5-9,12,22-23H,4,10-11,13-16H2. The molecule has 0 spiro atoms. The van der Waals surface area contributed by atoms with E-state index >= 15 is 0 Å². The van der Waals surface area contributed by atoms with Crippen LogP contribution in [0.2, 0.25) is 0 Å². The molecule has 0 unspecified atom stereocenters. The van der Waals surface area contributed by atoms with E-state index in [-0.39, 0.29) is 0 Å². The molecule has 1 aromatic heterocycles. The summed E-state index contributed by atoms with van der Waals surface area (Å²) in [4.78, 5) is 5.86. The summed E-state index contributed by atoms with van der Waals surface area (Å²) in [6, 6.07) is 17.5. The molecule has 0 fully saturated rings. The maximum atomic E-state index is 3.60. The highest BCUT2D eigenvalue weighted by atomic mass is 15.1. The fraction of sp³-hybridized carbons (Fsp3) is 0.333. The summed E-state index contributed by atoms with van der Waals surface area (Å²) >= 11 is 0. The topological polar surface area (TPSA) is 31.1 Å². The highest BCUT2D eigenvalue weighted by Gasteiger charge is 2.14. The summed E-state index contributed by atoms with van der Waals surface area (Å²) in [7, 11) is 0. The van der Waals surface area contributed by atoms with Crippen LogP contribution in [0.25, 0.3) is 10.9 Å². The van der Waals surface area contributed by atoms with Gasteiger partial charge in [-0.1, -0.05) is 36.4 Å². The van der Waals surface area contributed by atoms with Crippen LogP contribution in [0, 0.1) is 0 Å². The van der Waals surface area contributed by atoms with Gasteiger partial charge in [0.1, 0.15) is 0 Å². The molecule has 1 aliphatic rings. The molecule has 2 N–H and O–H groups in total. The van der Waals surface area contributed by atoms with Crippen LogP contribution >= 0.6 is 0 Å². The number of hydrogen-bond donors (Lipinski definition) is 2. The summed E-state index contributed by atoms with van der Waals surface area (Å²) in [5.41, 5.74) is 5.64. The summed E-state index contributed by atoms with van der Waals surface area (Å²) in [6.07, 6.45) is 4.41. The predicted octanol–water partition coefficient (Wildman–Crippen LogP) is 3.71. The Morgan fingerprint density at radius 3 is 2.88 bits per heavy atom. The number of aromatic nitrogens is 1. The zero-order valence-corrected chi connectivity index (χ0v) is 14.1. The van der Waals surface area contributed by atoms with Crippen LogP contribution in [-0.2, 0) is 19.5 Å². The number of H-pyrrole nitrogens is 1. The Morgan fingerprint density at radius 2 is 1.92 bits per heavy atom. The monoisotopic (exact) mass is 319 g/mol. The number of hydrogen-bond acceptors (Lipinski definition) is 2. The first kappa shape index (κ1) is 15.4. The van der Waals surface area contributed by atoms with Crippen molar-refractivity contribution in [3.05, 3.63) is 71.4 Å². The molecule has 124 valence electrons. The Kier molecular flexibility index (Phi) is 4.63. The summed E-state index contributed by atoms with van der Waals surface area (Å²) in [5, 5.41) is 4.93. The smallest absolute Gasteiger partial charge is 0.0457 e.